The van der Waals surface area contributed by atoms with Crippen LogP contribution in [0.3, 0.4) is 0 Å². The standard InChI is InChI=1S/C15H17N3O2/c1-11(13-7-3-4-9-16-13)18(2)10-12-6-5-8-14(17-12)15(19)20/h3-9,11H,10H2,1-2H3,(H,19,20)/t11-/m0/s1. The van der Waals surface area contributed by atoms with Crippen molar-refractivity contribution in [3.8, 4) is 0 Å². The molecule has 0 aliphatic carbocycles. The Hall–Kier alpha value is -2.27. The quantitative estimate of drug-likeness (QED) is 0.904. The van der Waals surface area contributed by atoms with Gasteiger partial charge in [-0.25, -0.2) is 9.78 Å². The van der Waals surface area contributed by atoms with Crippen molar-refractivity contribution in [3.05, 3.63) is 59.7 Å². The first-order valence-electron chi connectivity index (χ1n) is 6.38. The largest absolute Gasteiger partial charge is 0.477 e. The minimum Gasteiger partial charge on any atom is -0.477 e. The summed E-state index contributed by atoms with van der Waals surface area (Å²) in [5, 5.41) is 8.94. The Kier molecular flexibility index (Phi) is 4.42. The Labute approximate surface area is 117 Å². The molecule has 1 N–H and O–H groups in total. The fraction of sp³-hybridized carbons (Fsp3) is 0.267. The van der Waals surface area contributed by atoms with Crippen LogP contribution in [0.4, 0.5) is 0 Å². The molecule has 0 unspecified atom stereocenters. The number of hydrogen-bond acceptors (Lipinski definition) is 4. The first kappa shape index (κ1) is 14.1. The zero-order chi connectivity index (χ0) is 14.5. The molecular formula is C15H17N3O2. The van der Waals surface area contributed by atoms with Crippen molar-refractivity contribution in [1.82, 2.24) is 14.9 Å². The van der Waals surface area contributed by atoms with E-state index in [0.717, 1.165) is 11.4 Å². The molecule has 0 amide bonds. The average Bonchev–Trinajstić information content (AvgIpc) is 2.47. The van der Waals surface area contributed by atoms with E-state index in [-0.39, 0.29) is 11.7 Å². The predicted octanol–water partition coefficient (Wildman–Crippen LogP) is 2.37. The summed E-state index contributed by atoms with van der Waals surface area (Å²) in [6, 6.07) is 11.0. The topological polar surface area (TPSA) is 66.3 Å². The molecule has 20 heavy (non-hydrogen) atoms. The molecule has 1 atom stereocenters. The number of carboxylic acids is 1. The van der Waals surface area contributed by atoms with Crippen molar-refractivity contribution in [2.75, 3.05) is 7.05 Å². The molecule has 5 heteroatoms. The Balaban J connectivity index is 2.09. The molecule has 0 saturated carbocycles. The van der Waals surface area contributed by atoms with Crippen molar-refractivity contribution in [1.29, 1.82) is 0 Å². The highest BCUT2D eigenvalue weighted by Crippen LogP contribution is 2.17. The van der Waals surface area contributed by atoms with E-state index in [0.29, 0.717) is 6.54 Å². The highest BCUT2D eigenvalue weighted by Gasteiger charge is 2.14. The van der Waals surface area contributed by atoms with Gasteiger partial charge < -0.3 is 5.11 Å². The van der Waals surface area contributed by atoms with Crippen LogP contribution in [0.1, 0.15) is 34.8 Å². The molecule has 0 aliphatic rings. The first-order chi connectivity index (χ1) is 9.58. The lowest BCUT2D eigenvalue weighted by atomic mass is 10.2. The molecule has 2 heterocycles. The maximum Gasteiger partial charge on any atom is 0.354 e. The molecule has 104 valence electrons. The van der Waals surface area contributed by atoms with Crippen LogP contribution in [0.2, 0.25) is 0 Å². The van der Waals surface area contributed by atoms with E-state index < -0.39 is 5.97 Å². The van der Waals surface area contributed by atoms with Crippen LogP contribution in [-0.2, 0) is 6.54 Å². The third-order valence-electron chi connectivity index (χ3n) is 3.21. The molecule has 2 rings (SSSR count). The van der Waals surface area contributed by atoms with E-state index in [2.05, 4.69) is 21.8 Å². The monoisotopic (exact) mass is 271 g/mol. The summed E-state index contributed by atoms with van der Waals surface area (Å²) in [6.07, 6.45) is 1.77. The maximum absolute atomic E-state index is 10.9. The second-order valence-electron chi connectivity index (χ2n) is 4.67. The average molecular weight is 271 g/mol. The number of pyridine rings is 2. The van der Waals surface area contributed by atoms with Gasteiger partial charge in [0.1, 0.15) is 5.69 Å². The summed E-state index contributed by atoms with van der Waals surface area (Å²) in [5.74, 6) is -1.01. The highest BCUT2D eigenvalue weighted by molar-refractivity contribution is 5.85. The number of carbonyl (C=O) groups is 1. The van der Waals surface area contributed by atoms with Gasteiger partial charge in [0.2, 0.25) is 0 Å². The molecule has 5 nitrogen and oxygen atoms in total. The first-order valence-corrected chi connectivity index (χ1v) is 6.38. The van der Waals surface area contributed by atoms with Crippen molar-refractivity contribution in [2.45, 2.75) is 19.5 Å². The van der Waals surface area contributed by atoms with Crippen molar-refractivity contribution < 1.29 is 9.90 Å². The van der Waals surface area contributed by atoms with Gasteiger partial charge in [-0.3, -0.25) is 9.88 Å². The van der Waals surface area contributed by atoms with Gasteiger partial charge in [-0.1, -0.05) is 12.1 Å². The number of aromatic carboxylic acids is 1. The van der Waals surface area contributed by atoms with Crippen LogP contribution in [0, 0.1) is 0 Å². The van der Waals surface area contributed by atoms with Crippen LogP contribution in [0.25, 0.3) is 0 Å². The van der Waals surface area contributed by atoms with Gasteiger partial charge in [0.25, 0.3) is 0 Å². The van der Waals surface area contributed by atoms with Crippen LogP contribution in [0.15, 0.2) is 42.6 Å². The van der Waals surface area contributed by atoms with E-state index in [4.69, 9.17) is 5.11 Å². The molecular weight excluding hydrogens is 254 g/mol. The lowest BCUT2D eigenvalue weighted by Gasteiger charge is -2.23. The molecule has 0 bridgehead atoms. The number of rotatable bonds is 5. The summed E-state index contributed by atoms with van der Waals surface area (Å²) < 4.78 is 0. The van der Waals surface area contributed by atoms with Crippen molar-refractivity contribution in [2.24, 2.45) is 0 Å². The van der Waals surface area contributed by atoms with Crippen LogP contribution in [-0.4, -0.2) is 33.0 Å². The summed E-state index contributed by atoms with van der Waals surface area (Å²) in [7, 11) is 1.97. The second-order valence-corrected chi connectivity index (χ2v) is 4.67. The SMILES string of the molecule is C[C@@H](c1ccccn1)N(C)Cc1cccc(C(=O)O)n1. The van der Waals surface area contributed by atoms with Gasteiger partial charge in [0.05, 0.1) is 11.4 Å². The Morgan fingerprint density at radius 3 is 2.75 bits per heavy atom. The number of aromatic nitrogens is 2. The van der Waals surface area contributed by atoms with E-state index in [1.807, 2.05) is 31.3 Å². The van der Waals surface area contributed by atoms with Crippen LogP contribution in [0.5, 0.6) is 0 Å². The van der Waals surface area contributed by atoms with Gasteiger partial charge in [-0.2, -0.15) is 0 Å². The minimum absolute atomic E-state index is 0.0707. The molecule has 0 fully saturated rings. The zero-order valence-electron chi connectivity index (χ0n) is 11.5. The smallest absolute Gasteiger partial charge is 0.354 e. The normalized spacial score (nSPS) is 12.3. The number of nitrogens with zero attached hydrogens (tertiary/aromatic N) is 3. The molecule has 0 aliphatic heterocycles. The Morgan fingerprint density at radius 2 is 2.10 bits per heavy atom. The number of carboxylic acid groups (broad SMARTS) is 1. The Morgan fingerprint density at radius 1 is 1.30 bits per heavy atom. The van der Waals surface area contributed by atoms with Gasteiger partial charge in [0, 0.05) is 18.8 Å². The molecule has 2 aromatic rings. The van der Waals surface area contributed by atoms with Gasteiger partial charge >= 0.3 is 5.97 Å². The maximum atomic E-state index is 10.9. The Bertz CT molecular complexity index is 587. The summed E-state index contributed by atoms with van der Waals surface area (Å²) >= 11 is 0. The highest BCUT2D eigenvalue weighted by atomic mass is 16.4. The van der Waals surface area contributed by atoms with Crippen LogP contribution >= 0.6 is 0 Å². The van der Waals surface area contributed by atoms with Crippen molar-refractivity contribution in [3.63, 3.8) is 0 Å². The van der Waals surface area contributed by atoms with E-state index >= 15 is 0 Å². The summed E-state index contributed by atoms with van der Waals surface area (Å²) in [6.45, 7) is 2.63. The fourth-order valence-corrected chi connectivity index (χ4v) is 1.93. The number of hydrogen-bond donors (Lipinski definition) is 1. The molecule has 0 saturated heterocycles. The van der Waals surface area contributed by atoms with Gasteiger partial charge in [-0.05, 0) is 38.2 Å². The molecule has 0 aromatic carbocycles. The summed E-state index contributed by atoms with van der Waals surface area (Å²) in [4.78, 5) is 21.4. The van der Waals surface area contributed by atoms with Crippen molar-refractivity contribution >= 4 is 5.97 Å². The van der Waals surface area contributed by atoms with Crippen LogP contribution < -0.4 is 0 Å². The lowest BCUT2D eigenvalue weighted by Crippen LogP contribution is -2.23. The van der Waals surface area contributed by atoms with E-state index in [1.165, 1.54) is 6.07 Å². The van der Waals surface area contributed by atoms with Gasteiger partial charge in [-0.15, -0.1) is 0 Å². The third kappa shape index (κ3) is 3.39. The molecule has 0 spiro atoms. The van der Waals surface area contributed by atoms with Gasteiger partial charge in [0.15, 0.2) is 0 Å². The lowest BCUT2D eigenvalue weighted by molar-refractivity contribution is 0.0690. The molecule has 2 aromatic heterocycles. The minimum atomic E-state index is -1.01. The summed E-state index contributed by atoms with van der Waals surface area (Å²) in [5.41, 5.74) is 1.78. The zero-order valence-corrected chi connectivity index (χ0v) is 11.5. The van der Waals surface area contributed by atoms with E-state index in [1.54, 1.807) is 12.3 Å². The fourth-order valence-electron chi connectivity index (χ4n) is 1.93. The predicted molar refractivity (Wildman–Crippen MR) is 75.3 cm³/mol. The molecule has 0 radical (unpaired) electrons. The third-order valence-corrected chi connectivity index (χ3v) is 3.21. The van der Waals surface area contributed by atoms with E-state index in [9.17, 15) is 4.79 Å². The second kappa shape index (κ2) is 6.25.